The monoisotopic (exact) mass is 327 g/mol. The van der Waals surface area contributed by atoms with Gasteiger partial charge in [-0.3, -0.25) is 4.90 Å². The Morgan fingerprint density at radius 3 is 2.70 bits per heavy atom. The molecule has 1 aromatic carbocycles. The average molecular weight is 327 g/mol. The van der Waals surface area contributed by atoms with Crippen molar-refractivity contribution in [1.82, 2.24) is 9.80 Å². The van der Waals surface area contributed by atoms with Crippen LogP contribution in [0.3, 0.4) is 0 Å². The number of piperidine rings is 1. The lowest BCUT2D eigenvalue weighted by molar-refractivity contribution is -0.136. The van der Waals surface area contributed by atoms with Crippen LogP contribution in [-0.4, -0.2) is 48.1 Å². The van der Waals surface area contributed by atoms with E-state index in [1.54, 1.807) is 4.90 Å². The van der Waals surface area contributed by atoms with Gasteiger partial charge in [-0.15, -0.1) is 0 Å². The van der Waals surface area contributed by atoms with Crippen molar-refractivity contribution in [1.29, 1.82) is 0 Å². The summed E-state index contributed by atoms with van der Waals surface area (Å²) in [5.74, 6) is 0. The minimum absolute atomic E-state index is 0.184. The van der Waals surface area contributed by atoms with Crippen molar-refractivity contribution in [3.63, 3.8) is 0 Å². The SMILES string of the molecule is O=C(Nc1ccccc1C(F)(F)F)N1CCN2CCCCC2C1. The number of carbonyl (C=O) groups is 1. The molecule has 0 bridgehead atoms. The van der Waals surface area contributed by atoms with Gasteiger partial charge in [0.2, 0.25) is 0 Å². The molecule has 0 spiro atoms. The van der Waals surface area contributed by atoms with Gasteiger partial charge >= 0.3 is 12.2 Å². The number of carbonyl (C=O) groups excluding carboxylic acids is 1. The van der Waals surface area contributed by atoms with Crippen LogP contribution in [0.5, 0.6) is 0 Å². The van der Waals surface area contributed by atoms with Gasteiger partial charge in [0.05, 0.1) is 11.3 Å². The van der Waals surface area contributed by atoms with E-state index in [-0.39, 0.29) is 5.69 Å². The third kappa shape index (κ3) is 3.60. The summed E-state index contributed by atoms with van der Waals surface area (Å²) in [6.07, 6.45) is -1.11. The zero-order chi connectivity index (χ0) is 16.4. The molecule has 0 saturated carbocycles. The van der Waals surface area contributed by atoms with Gasteiger partial charge in [0, 0.05) is 25.7 Å². The maximum absolute atomic E-state index is 13.0. The summed E-state index contributed by atoms with van der Waals surface area (Å²) in [7, 11) is 0. The number of para-hydroxylation sites is 1. The number of halogens is 3. The van der Waals surface area contributed by atoms with Crippen molar-refractivity contribution in [2.45, 2.75) is 31.5 Å². The molecule has 2 aliphatic rings. The molecule has 2 aliphatic heterocycles. The Bertz CT molecular complexity index is 576. The van der Waals surface area contributed by atoms with E-state index in [1.165, 1.54) is 24.6 Å². The number of hydrogen-bond acceptors (Lipinski definition) is 2. The largest absolute Gasteiger partial charge is 0.418 e. The maximum Gasteiger partial charge on any atom is 0.418 e. The van der Waals surface area contributed by atoms with Crippen LogP contribution in [0, 0.1) is 0 Å². The number of nitrogens with one attached hydrogen (secondary N) is 1. The highest BCUT2D eigenvalue weighted by Gasteiger charge is 2.35. The molecule has 126 valence electrons. The van der Waals surface area contributed by atoms with Gasteiger partial charge in [-0.1, -0.05) is 18.6 Å². The number of piperazine rings is 1. The Hall–Kier alpha value is -1.76. The Morgan fingerprint density at radius 1 is 1.13 bits per heavy atom. The van der Waals surface area contributed by atoms with Crippen LogP contribution in [0.2, 0.25) is 0 Å². The Kier molecular flexibility index (Phi) is 4.48. The second-order valence-corrected chi connectivity index (χ2v) is 6.11. The van der Waals surface area contributed by atoms with E-state index in [9.17, 15) is 18.0 Å². The zero-order valence-corrected chi connectivity index (χ0v) is 12.8. The summed E-state index contributed by atoms with van der Waals surface area (Å²) < 4.78 is 39.0. The van der Waals surface area contributed by atoms with Gasteiger partial charge in [0.1, 0.15) is 0 Å². The second-order valence-electron chi connectivity index (χ2n) is 6.11. The van der Waals surface area contributed by atoms with E-state index >= 15 is 0 Å². The average Bonchev–Trinajstić information content (AvgIpc) is 2.54. The molecule has 4 nitrogen and oxygen atoms in total. The fourth-order valence-corrected chi connectivity index (χ4v) is 3.37. The number of fused-ring (bicyclic) bond motifs is 1. The van der Waals surface area contributed by atoms with E-state index in [1.807, 2.05) is 0 Å². The lowest BCUT2D eigenvalue weighted by atomic mass is 10.00. The lowest BCUT2D eigenvalue weighted by Crippen LogP contribution is -2.56. The quantitative estimate of drug-likeness (QED) is 0.858. The van der Waals surface area contributed by atoms with E-state index in [0.717, 1.165) is 32.0 Å². The van der Waals surface area contributed by atoms with Crippen molar-refractivity contribution < 1.29 is 18.0 Å². The zero-order valence-electron chi connectivity index (χ0n) is 12.8. The van der Waals surface area contributed by atoms with Crippen molar-refractivity contribution in [2.24, 2.45) is 0 Å². The number of hydrogen-bond donors (Lipinski definition) is 1. The normalized spacial score (nSPS) is 22.6. The lowest BCUT2D eigenvalue weighted by Gasteiger charge is -2.43. The third-order valence-electron chi connectivity index (χ3n) is 4.60. The fourth-order valence-electron chi connectivity index (χ4n) is 3.37. The van der Waals surface area contributed by atoms with Gasteiger partial charge in [-0.05, 0) is 31.5 Å². The molecule has 23 heavy (non-hydrogen) atoms. The van der Waals surface area contributed by atoms with Crippen LogP contribution < -0.4 is 5.32 Å². The number of nitrogens with zero attached hydrogens (tertiary/aromatic N) is 2. The summed E-state index contributed by atoms with van der Waals surface area (Å²) in [6.45, 7) is 2.98. The Balaban J connectivity index is 1.68. The molecule has 1 aromatic rings. The molecule has 1 atom stereocenters. The van der Waals surface area contributed by atoms with E-state index in [0.29, 0.717) is 19.1 Å². The molecule has 0 aromatic heterocycles. The molecule has 2 heterocycles. The maximum atomic E-state index is 13.0. The van der Waals surface area contributed by atoms with Crippen LogP contribution in [0.1, 0.15) is 24.8 Å². The van der Waals surface area contributed by atoms with Gasteiger partial charge < -0.3 is 10.2 Å². The first-order valence-electron chi connectivity index (χ1n) is 7.91. The number of amides is 2. The Labute approximate surface area is 133 Å². The summed E-state index contributed by atoms with van der Waals surface area (Å²) >= 11 is 0. The van der Waals surface area contributed by atoms with Crippen LogP contribution in [-0.2, 0) is 6.18 Å². The fraction of sp³-hybridized carbons (Fsp3) is 0.562. The van der Waals surface area contributed by atoms with E-state index in [2.05, 4.69) is 10.2 Å². The van der Waals surface area contributed by atoms with Crippen molar-refractivity contribution >= 4 is 11.7 Å². The van der Waals surface area contributed by atoms with Crippen LogP contribution in [0.4, 0.5) is 23.7 Å². The topological polar surface area (TPSA) is 35.6 Å². The molecule has 1 unspecified atom stereocenters. The van der Waals surface area contributed by atoms with Gasteiger partial charge in [-0.2, -0.15) is 13.2 Å². The molecule has 2 amide bonds. The van der Waals surface area contributed by atoms with Crippen LogP contribution in [0.25, 0.3) is 0 Å². The van der Waals surface area contributed by atoms with Gasteiger partial charge in [-0.25, -0.2) is 4.79 Å². The highest BCUT2D eigenvalue weighted by atomic mass is 19.4. The predicted molar refractivity (Wildman–Crippen MR) is 81.2 cm³/mol. The molecule has 0 aliphatic carbocycles. The molecule has 1 N–H and O–H groups in total. The predicted octanol–water partition coefficient (Wildman–Crippen LogP) is 3.41. The summed E-state index contributed by atoms with van der Waals surface area (Å²) in [4.78, 5) is 16.3. The summed E-state index contributed by atoms with van der Waals surface area (Å²) in [5, 5.41) is 2.43. The second kappa shape index (κ2) is 6.39. The number of anilines is 1. The molecular weight excluding hydrogens is 307 g/mol. The van der Waals surface area contributed by atoms with Crippen molar-refractivity contribution in [3.8, 4) is 0 Å². The minimum atomic E-state index is -4.48. The highest BCUT2D eigenvalue weighted by Crippen LogP contribution is 2.34. The summed E-state index contributed by atoms with van der Waals surface area (Å²) in [5.41, 5.74) is -0.999. The van der Waals surface area contributed by atoms with Crippen molar-refractivity contribution in [2.75, 3.05) is 31.5 Å². The molecule has 2 fully saturated rings. The van der Waals surface area contributed by atoms with Gasteiger partial charge in [0.15, 0.2) is 0 Å². The van der Waals surface area contributed by atoms with E-state index in [4.69, 9.17) is 0 Å². The first kappa shape index (κ1) is 16.1. The number of benzene rings is 1. The molecule has 2 saturated heterocycles. The van der Waals surface area contributed by atoms with Crippen LogP contribution in [0.15, 0.2) is 24.3 Å². The van der Waals surface area contributed by atoms with E-state index < -0.39 is 17.8 Å². The molecule has 7 heteroatoms. The summed E-state index contributed by atoms with van der Waals surface area (Å²) in [6, 6.07) is 4.96. The first-order chi connectivity index (χ1) is 10.9. The standard InChI is InChI=1S/C16H20F3N3O/c17-16(18,19)13-6-1-2-7-14(13)20-15(23)22-10-9-21-8-4-3-5-12(21)11-22/h1-2,6-7,12H,3-5,8-11H2,(H,20,23). The Morgan fingerprint density at radius 2 is 1.91 bits per heavy atom. The van der Waals surface area contributed by atoms with Crippen LogP contribution >= 0.6 is 0 Å². The number of alkyl halides is 3. The molecule has 3 rings (SSSR count). The third-order valence-corrected chi connectivity index (χ3v) is 4.60. The molecule has 0 radical (unpaired) electrons. The number of rotatable bonds is 1. The smallest absolute Gasteiger partial charge is 0.322 e. The van der Waals surface area contributed by atoms with Gasteiger partial charge in [0.25, 0.3) is 0 Å². The highest BCUT2D eigenvalue weighted by molar-refractivity contribution is 5.90. The van der Waals surface area contributed by atoms with Crippen molar-refractivity contribution in [3.05, 3.63) is 29.8 Å². The minimum Gasteiger partial charge on any atom is -0.322 e. The first-order valence-corrected chi connectivity index (χ1v) is 7.91. The number of urea groups is 1. The molecular formula is C16H20F3N3O.